The van der Waals surface area contributed by atoms with Gasteiger partial charge in [-0.1, -0.05) is 26.8 Å². The van der Waals surface area contributed by atoms with Crippen LogP contribution < -0.4 is 5.73 Å². The molecule has 0 saturated heterocycles. The molecule has 1 aliphatic carbocycles. The van der Waals surface area contributed by atoms with Crippen LogP contribution in [-0.4, -0.2) is 9.55 Å². The van der Waals surface area contributed by atoms with Gasteiger partial charge in [-0.2, -0.15) is 0 Å². The minimum atomic E-state index is 0.269. The average Bonchev–Trinajstić information content (AvgIpc) is 3.09. The van der Waals surface area contributed by atoms with Crippen LogP contribution in [0.5, 0.6) is 0 Å². The third kappa shape index (κ3) is 2.52. The van der Waals surface area contributed by atoms with Crippen molar-refractivity contribution in [2.45, 2.75) is 52.6 Å². The lowest BCUT2D eigenvalue weighted by Gasteiger charge is -2.18. The molecule has 19 heavy (non-hydrogen) atoms. The molecule has 1 aromatic carbocycles. The van der Waals surface area contributed by atoms with Crippen LogP contribution in [0.1, 0.15) is 51.0 Å². The fraction of sp³-hybridized carbons (Fsp3) is 0.562. The number of benzene rings is 1. The Balaban J connectivity index is 2.11. The highest BCUT2D eigenvalue weighted by molar-refractivity contribution is 5.77. The van der Waals surface area contributed by atoms with Crippen molar-refractivity contribution in [3.63, 3.8) is 0 Å². The summed E-state index contributed by atoms with van der Waals surface area (Å²) in [6, 6.07) is 7.13. The van der Waals surface area contributed by atoms with Crippen molar-refractivity contribution in [3.8, 4) is 0 Å². The zero-order chi connectivity index (χ0) is 13.6. The minimum absolute atomic E-state index is 0.269. The molecule has 0 spiro atoms. The van der Waals surface area contributed by atoms with Crippen LogP contribution in [-0.2, 0) is 13.0 Å². The zero-order valence-corrected chi connectivity index (χ0v) is 12.1. The topological polar surface area (TPSA) is 43.8 Å². The van der Waals surface area contributed by atoms with Crippen molar-refractivity contribution in [2.75, 3.05) is 0 Å². The molecule has 2 aromatic rings. The quantitative estimate of drug-likeness (QED) is 0.915. The van der Waals surface area contributed by atoms with Gasteiger partial charge in [-0.05, 0) is 36.0 Å². The summed E-state index contributed by atoms with van der Waals surface area (Å²) in [5, 5.41) is 0. The Morgan fingerprint density at radius 2 is 2.05 bits per heavy atom. The molecule has 1 aliphatic rings. The third-order valence-electron chi connectivity index (χ3n) is 3.66. The molecular weight excluding hydrogens is 234 g/mol. The number of rotatable bonds is 3. The summed E-state index contributed by atoms with van der Waals surface area (Å²) in [4.78, 5) is 4.88. The standard InChI is InChI=1S/C16H23N3/c1-16(2,3)9-15-18-13-8-11(10-17)4-7-14(13)19(15)12-5-6-12/h4,7-8,12H,5-6,9-10,17H2,1-3H3. The number of hydrogen-bond acceptors (Lipinski definition) is 2. The highest BCUT2D eigenvalue weighted by atomic mass is 15.1. The van der Waals surface area contributed by atoms with Crippen molar-refractivity contribution >= 4 is 11.0 Å². The normalized spacial score (nSPS) is 16.2. The number of aromatic nitrogens is 2. The van der Waals surface area contributed by atoms with E-state index in [1.54, 1.807) is 0 Å². The van der Waals surface area contributed by atoms with Gasteiger partial charge < -0.3 is 10.3 Å². The predicted molar refractivity (Wildman–Crippen MR) is 79.1 cm³/mol. The Bertz CT molecular complexity index is 600. The molecule has 3 nitrogen and oxygen atoms in total. The molecule has 0 unspecified atom stereocenters. The lowest BCUT2D eigenvalue weighted by Crippen LogP contribution is -2.14. The fourth-order valence-corrected chi connectivity index (χ4v) is 2.66. The van der Waals surface area contributed by atoms with Crippen LogP contribution in [0.3, 0.4) is 0 Å². The lowest BCUT2D eigenvalue weighted by molar-refractivity contribution is 0.393. The molecule has 0 aliphatic heterocycles. The van der Waals surface area contributed by atoms with E-state index in [9.17, 15) is 0 Å². The van der Waals surface area contributed by atoms with Crippen molar-refractivity contribution in [2.24, 2.45) is 11.1 Å². The maximum atomic E-state index is 5.73. The molecular formula is C16H23N3. The first-order valence-corrected chi connectivity index (χ1v) is 7.18. The summed E-state index contributed by atoms with van der Waals surface area (Å²) >= 11 is 0. The van der Waals surface area contributed by atoms with E-state index in [1.165, 1.54) is 24.2 Å². The first-order chi connectivity index (χ1) is 8.98. The largest absolute Gasteiger partial charge is 0.326 e. The van der Waals surface area contributed by atoms with Crippen LogP contribution in [0.2, 0.25) is 0 Å². The summed E-state index contributed by atoms with van der Waals surface area (Å²) in [5.41, 5.74) is 9.54. The van der Waals surface area contributed by atoms with Crippen molar-refractivity contribution in [3.05, 3.63) is 29.6 Å². The molecule has 1 heterocycles. The molecule has 1 fully saturated rings. The van der Waals surface area contributed by atoms with E-state index in [1.807, 2.05) is 0 Å². The molecule has 0 bridgehead atoms. The van der Waals surface area contributed by atoms with E-state index >= 15 is 0 Å². The van der Waals surface area contributed by atoms with Crippen LogP contribution in [0.15, 0.2) is 18.2 Å². The van der Waals surface area contributed by atoms with Gasteiger partial charge in [-0.25, -0.2) is 4.98 Å². The highest BCUT2D eigenvalue weighted by Gasteiger charge is 2.29. The van der Waals surface area contributed by atoms with Gasteiger partial charge in [0, 0.05) is 19.0 Å². The summed E-state index contributed by atoms with van der Waals surface area (Å²) < 4.78 is 2.46. The summed E-state index contributed by atoms with van der Waals surface area (Å²) in [5.74, 6) is 1.24. The van der Waals surface area contributed by atoms with Gasteiger partial charge in [0.1, 0.15) is 5.82 Å². The van der Waals surface area contributed by atoms with E-state index in [4.69, 9.17) is 10.7 Å². The molecule has 1 saturated carbocycles. The van der Waals surface area contributed by atoms with Gasteiger partial charge in [0.2, 0.25) is 0 Å². The number of fused-ring (bicyclic) bond motifs is 1. The maximum absolute atomic E-state index is 5.73. The maximum Gasteiger partial charge on any atom is 0.110 e. The van der Waals surface area contributed by atoms with Gasteiger partial charge in [-0.15, -0.1) is 0 Å². The van der Waals surface area contributed by atoms with Gasteiger partial charge in [0.25, 0.3) is 0 Å². The third-order valence-corrected chi connectivity index (χ3v) is 3.66. The van der Waals surface area contributed by atoms with Gasteiger partial charge >= 0.3 is 0 Å². The lowest BCUT2D eigenvalue weighted by atomic mass is 9.92. The van der Waals surface area contributed by atoms with E-state index in [-0.39, 0.29) is 5.41 Å². The summed E-state index contributed by atoms with van der Waals surface area (Å²) in [6.07, 6.45) is 3.61. The van der Waals surface area contributed by atoms with Crippen molar-refractivity contribution < 1.29 is 0 Å². The highest BCUT2D eigenvalue weighted by Crippen LogP contribution is 2.40. The SMILES string of the molecule is CC(C)(C)Cc1nc2cc(CN)ccc2n1C1CC1. The summed E-state index contributed by atoms with van der Waals surface area (Å²) in [6.45, 7) is 7.40. The number of imidazole rings is 1. The predicted octanol–water partition coefficient (Wildman–Crippen LogP) is 3.42. The molecule has 0 atom stereocenters. The molecule has 0 radical (unpaired) electrons. The first-order valence-electron chi connectivity index (χ1n) is 7.18. The fourth-order valence-electron chi connectivity index (χ4n) is 2.66. The monoisotopic (exact) mass is 257 g/mol. The van der Waals surface area contributed by atoms with E-state index in [0.29, 0.717) is 12.6 Å². The second-order valence-corrected chi connectivity index (χ2v) is 6.89. The Labute approximate surface area is 114 Å². The smallest absolute Gasteiger partial charge is 0.110 e. The molecule has 1 aromatic heterocycles. The molecule has 3 heteroatoms. The first kappa shape index (κ1) is 12.7. The van der Waals surface area contributed by atoms with Gasteiger partial charge in [0.05, 0.1) is 11.0 Å². The second-order valence-electron chi connectivity index (χ2n) is 6.89. The Kier molecular flexibility index (Phi) is 2.90. The van der Waals surface area contributed by atoms with Crippen LogP contribution in [0.25, 0.3) is 11.0 Å². The molecule has 3 rings (SSSR count). The minimum Gasteiger partial charge on any atom is -0.326 e. The average molecular weight is 257 g/mol. The Morgan fingerprint density at radius 1 is 1.32 bits per heavy atom. The summed E-state index contributed by atoms with van der Waals surface area (Å²) in [7, 11) is 0. The van der Waals surface area contributed by atoms with Gasteiger partial charge in [0.15, 0.2) is 0 Å². The second kappa shape index (κ2) is 4.34. The van der Waals surface area contributed by atoms with Crippen LogP contribution in [0, 0.1) is 5.41 Å². The number of nitrogens with zero attached hydrogens (tertiary/aromatic N) is 2. The Hall–Kier alpha value is -1.35. The van der Waals surface area contributed by atoms with Crippen LogP contribution in [0.4, 0.5) is 0 Å². The van der Waals surface area contributed by atoms with E-state index < -0.39 is 0 Å². The van der Waals surface area contributed by atoms with Crippen LogP contribution >= 0.6 is 0 Å². The van der Waals surface area contributed by atoms with Gasteiger partial charge in [-0.3, -0.25) is 0 Å². The molecule has 0 amide bonds. The molecule has 2 N–H and O–H groups in total. The zero-order valence-electron chi connectivity index (χ0n) is 12.1. The Morgan fingerprint density at radius 3 is 2.63 bits per heavy atom. The van der Waals surface area contributed by atoms with E-state index in [2.05, 4.69) is 43.5 Å². The number of hydrogen-bond donors (Lipinski definition) is 1. The van der Waals surface area contributed by atoms with Crippen molar-refractivity contribution in [1.82, 2.24) is 9.55 Å². The van der Waals surface area contributed by atoms with E-state index in [0.717, 1.165) is 17.5 Å². The molecule has 102 valence electrons. The number of nitrogens with two attached hydrogens (primary N) is 1. The van der Waals surface area contributed by atoms with Crippen molar-refractivity contribution in [1.29, 1.82) is 0 Å².